The van der Waals surface area contributed by atoms with Crippen LogP contribution in [0.4, 0.5) is 10.1 Å². The summed E-state index contributed by atoms with van der Waals surface area (Å²) >= 11 is 6.02. The fraction of sp³-hybridized carbons (Fsp3) is 0. The van der Waals surface area contributed by atoms with Gasteiger partial charge in [-0.2, -0.15) is 10.2 Å². The summed E-state index contributed by atoms with van der Waals surface area (Å²) in [5.41, 5.74) is 2.94. The van der Waals surface area contributed by atoms with Crippen molar-refractivity contribution in [3.05, 3.63) is 96.0 Å². The van der Waals surface area contributed by atoms with Crippen molar-refractivity contribution < 1.29 is 4.39 Å². The average Bonchev–Trinajstić information content (AvgIpc) is 3.12. The quantitative estimate of drug-likeness (QED) is 0.693. The molecular formula is C19H13ClFN5. The van der Waals surface area contributed by atoms with Crippen LogP contribution in [0.2, 0.25) is 5.02 Å². The van der Waals surface area contributed by atoms with Crippen molar-refractivity contribution >= 4 is 23.0 Å². The molecule has 0 saturated carbocycles. The summed E-state index contributed by atoms with van der Waals surface area (Å²) in [6.45, 7) is 4.03. The molecule has 1 aromatic carbocycles. The molecule has 2 aromatic heterocycles. The van der Waals surface area contributed by atoms with E-state index in [-0.39, 0.29) is 5.82 Å². The molecule has 5 nitrogen and oxygen atoms in total. The second kappa shape index (κ2) is 6.57. The van der Waals surface area contributed by atoms with Gasteiger partial charge in [-0.3, -0.25) is 4.98 Å². The lowest BCUT2D eigenvalue weighted by atomic mass is 10.1. The minimum absolute atomic E-state index is 0.341. The average molecular weight is 366 g/mol. The van der Waals surface area contributed by atoms with Gasteiger partial charge in [0, 0.05) is 12.4 Å². The van der Waals surface area contributed by atoms with Gasteiger partial charge in [-0.1, -0.05) is 30.3 Å². The molecule has 0 fully saturated rings. The van der Waals surface area contributed by atoms with Gasteiger partial charge in [0.1, 0.15) is 17.2 Å². The van der Waals surface area contributed by atoms with Crippen molar-refractivity contribution in [2.45, 2.75) is 0 Å². The maximum absolute atomic E-state index is 14.2. The molecule has 7 heteroatoms. The molecule has 1 aliphatic rings. The summed E-state index contributed by atoms with van der Waals surface area (Å²) in [6.07, 6.45) is 8.39. The molecule has 3 aromatic rings. The van der Waals surface area contributed by atoms with Gasteiger partial charge in [0.05, 0.1) is 28.8 Å². The van der Waals surface area contributed by atoms with Gasteiger partial charge < -0.3 is 0 Å². The fourth-order valence-corrected chi connectivity index (χ4v) is 2.80. The Labute approximate surface area is 154 Å². The minimum atomic E-state index is -0.370. The van der Waals surface area contributed by atoms with E-state index in [1.807, 2.05) is 6.08 Å². The highest BCUT2D eigenvalue weighted by molar-refractivity contribution is 6.30. The summed E-state index contributed by atoms with van der Waals surface area (Å²) in [5.74, 6) is -0.370. The van der Waals surface area contributed by atoms with Gasteiger partial charge in [-0.05, 0) is 35.9 Å². The van der Waals surface area contributed by atoms with Gasteiger partial charge in [0.2, 0.25) is 0 Å². The minimum Gasteiger partial charge on any atom is -0.261 e. The molecule has 0 saturated heterocycles. The number of hydrazone groups is 1. The maximum atomic E-state index is 14.2. The first-order chi connectivity index (χ1) is 12.6. The van der Waals surface area contributed by atoms with Crippen LogP contribution in [0.5, 0.6) is 0 Å². The number of allylic oxidation sites excluding steroid dienone is 2. The zero-order valence-corrected chi connectivity index (χ0v) is 14.3. The zero-order valence-electron chi connectivity index (χ0n) is 13.5. The third-order valence-corrected chi connectivity index (χ3v) is 4.06. The van der Waals surface area contributed by atoms with Crippen LogP contribution in [0, 0.1) is 5.82 Å². The molecule has 0 N–H and O–H groups in total. The lowest BCUT2D eigenvalue weighted by Crippen LogP contribution is -2.21. The smallest absolute Gasteiger partial charge is 0.148 e. The van der Waals surface area contributed by atoms with Gasteiger partial charge in [0.15, 0.2) is 0 Å². The lowest BCUT2D eigenvalue weighted by molar-refractivity contribution is 0.610. The Balaban J connectivity index is 1.79. The first-order valence-corrected chi connectivity index (χ1v) is 8.16. The Morgan fingerprint density at radius 2 is 1.96 bits per heavy atom. The summed E-state index contributed by atoms with van der Waals surface area (Å²) < 4.78 is 15.7. The topological polar surface area (TPSA) is 46.3 Å². The Bertz CT molecular complexity index is 1050. The number of para-hydroxylation sites is 1. The van der Waals surface area contributed by atoms with Crippen LogP contribution < -0.4 is 5.01 Å². The number of halogens is 2. The fourth-order valence-electron chi connectivity index (χ4n) is 2.63. The van der Waals surface area contributed by atoms with E-state index in [0.29, 0.717) is 33.4 Å². The number of nitrogens with zero attached hydrogens (tertiary/aromatic N) is 5. The van der Waals surface area contributed by atoms with Crippen molar-refractivity contribution in [2.75, 3.05) is 5.01 Å². The molecule has 0 unspecified atom stereocenters. The first-order valence-electron chi connectivity index (χ1n) is 7.78. The summed E-state index contributed by atoms with van der Waals surface area (Å²) in [7, 11) is 0. The van der Waals surface area contributed by atoms with Crippen LogP contribution in [0.3, 0.4) is 0 Å². The Morgan fingerprint density at radius 1 is 1.12 bits per heavy atom. The maximum Gasteiger partial charge on any atom is 0.148 e. The normalized spacial score (nSPS) is 13.8. The summed E-state index contributed by atoms with van der Waals surface area (Å²) in [6, 6.07) is 9.96. The van der Waals surface area contributed by atoms with Crippen LogP contribution in [0.15, 0.2) is 84.5 Å². The number of rotatable bonds is 3. The van der Waals surface area contributed by atoms with E-state index in [1.165, 1.54) is 10.7 Å². The van der Waals surface area contributed by atoms with Crippen molar-refractivity contribution in [1.29, 1.82) is 0 Å². The van der Waals surface area contributed by atoms with E-state index in [2.05, 4.69) is 21.8 Å². The zero-order chi connectivity index (χ0) is 18.1. The number of pyridine rings is 1. The number of hydrogen-bond acceptors (Lipinski definition) is 4. The van der Waals surface area contributed by atoms with E-state index in [4.69, 9.17) is 11.6 Å². The van der Waals surface area contributed by atoms with Crippen LogP contribution in [0.25, 0.3) is 5.69 Å². The standard InChI is InChI=1S/C19H13ClFN5/c1-13-7-9-25(15-10-14(20)11-22-12-15)24-19(13)18-6-8-23-26(18)17-5-3-2-4-16(17)21/h2-12H,1H2. The molecule has 0 spiro atoms. The molecule has 1 aliphatic heterocycles. The second-order valence-electron chi connectivity index (χ2n) is 5.58. The molecule has 0 aliphatic carbocycles. The van der Waals surface area contributed by atoms with E-state index >= 15 is 0 Å². The van der Waals surface area contributed by atoms with Crippen molar-refractivity contribution in [2.24, 2.45) is 5.10 Å². The number of anilines is 1. The molecule has 0 atom stereocenters. The van der Waals surface area contributed by atoms with E-state index in [1.54, 1.807) is 60.1 Å². The SMILES string of the molecule is C=C1C=CN(c2cncc(Cl)c2)N=C1c1ccnn1-c1ccccc1F. The monoisotopic (exact) mass is 365 g/mol. The molecule has 26 heavy (non-hydrogen) atoms. The molecule has 4 rings (SSSR count). The van der Waals surface area contributed by atoms with Gasteiger partial charge >= 0.3 is 0 Å². The van der Waals surface area contributed by atoms with Gasteiger partial charge in [-0.25, -0.2) is 14.1 Å². The number of hydrogen-bond donors (Lipinski definition) is 0. The van der Waals surface area contributed by atoms with Crippen LogP contribution >= 0.6 is 11.6 Å². The van der Waals surface area contributed by atoms with Crippen molar-refractivity contribution in [3.8, 4) is 5.69 Å². The van der Waals surface area contributed by atoms with E-state index < -0.39 is 0 Å². The molecule has 0 amide bonds. The molecular weight excluding hydrogens is 353 g/mol. The van der Waals surface area contributed by atoms with Gasteiger partial charge in [0.25, 0.3) is 0 Å². The van der Waals surface area contributed by atoms with E-state index in [0.717, 1.165) is 0 Å². The third-order valence-electron chi connectivity index (χ3n) is 3.85. The Morgan fingerprint density at radius 3 is 2.77 bits per heavy atom. The predicted molar refractivity (Wildman–Crippen MR) is 100 cm³/mol. The van der Waals surface area contributed by atoms with Crippen LogP contribution in [0.1, 0.15) is 5.69 Å². The van der Waals surface area contributed by atoms with Crippen molar-refractivity contribution in [1.82, 2.24) is 14.8 Å². The third kappa shape index (κ3) is 2.91. The van der Waals surface area contributed by atoms with Crippen LogP contribution in [-0.4, -0.2) is 20.5 Å². The molecule has 128 valence electrons. The van der Waals surface area contributed by atoms with Crippen LogP contribution in [-0.2, 0) is 0 Å². The first kappa shape index (κ1) is 16.2. The number of aromatic nitrogens is 3. The highest BCUT2D eigenvalue weighted by Crippen LogP contribution is 2.25. The summed E-state index contributed by atoms with van der Waals surface area (Å²) in [4.78, 5) is 4.08. The highest BCUT2D eigenvalue weighted by Gasteiger charge is 2.20. The molecule has 3 heterocycles. The van der Waals surface area contributed by atoms with Crippen molar-refractivity contribution in [3.63, 3.8) is 0 Å². The highest BCUT2D eigenvalue weighted by atomic mass is 35.5. The molecule has 0 bridgehead atoms. The number of benzene rings is 1. The van der Waals surface area contributed by atoms with Gasteiger partial charge in [-0.15, -0.1) is 0 Å². The Hall–Kier alpha value is -3.25. The second-order valence-corrected chi connectivity index (χ2v) is 6.01. The Kier molecular flexibility index (Phi) is 4.10. The predicted octanol–water partition coefficient (Wildman–Crippen LogP) is 4.35. The largest absolute Gasteiger partial charge is 0.261 e. The summed E-state index contributed by atoms with van der Waals surface area (Å²) in [5, 5.41) is 11.0. The molecule has 0 radical (unpaired) electrons. The lowest BCUT2D eigenvalue weighted by Gasteiger charge is -2.21. The van der Waals surface area contributed by atoms with E-state index in [9.17, 15) is 4.39 Å².